The molecule has 0 N–H and O–H groups in total. The molecule has 0 fully saturated rings. The van der Waals surface area contributed by atoms with Gasteiger partial charge >= 0.3 is 0 Å². The third-order valence-corrected chi connectivity index (χ3v) is 7.31. The van der Waals surface area contributed by atoms with E-state index in [0.717, 1.165) is 42.1 Å². The van der Waals surface area contributed by atoms with E-state index in [2.05, 4.69) is 47.5 Å². The van der Waals surface area contributed by atoms with Gasteiger partial charge in [0.2, 0.25) is 0 Å². The number of fused-ring (bicyclic) bond motifs is 4. The number of hydrogen-bond acceptors (Lipinski definition) is 5. The Kier molecular flexibility index (Phi) is 3.94. The number of benzene rings is 1. The molecule has 0 amide bonds. The highest BCUT2D eigenvalue weighted by Crippen LogP contribution is 2.57. The molecule has 0 radical (unpaired) electrons. The van der Waals surface area contributed by atoms with Crippen molar-refractivity contribution in [3.8, 4) is 11.3 Å². The fourth-order valence-electron chi connectivity index (χ4n) is 6.05. The van der Waals surface area contributed by atoms with E-state index in [-0.39, 0.29) is 11.3 Å². The van der Waals surface area contributed by atoms with Crippen molar-refractivity contribution in [2.45, 2.75) is 44.4 Å². The molecule has 6 heteroatoms. The lowest BCUT2D eigenvalue weighted by atomic mass is 9.53. The van der Waals surface area contributed by atoms with Gasteiger partial charge in [0.1, 0.15) is 11.6 Å². The standard InChI is InChI=1S/C25H25N5O/c1-15-21-10-9-20-22(18-12-26-30(3)14-18)28-16(2)29-24(20)25(21,19-7-5-4-6-8-19)11-17-13-27-31-23(15)17/h4-8,12-15,21H,9-11H2,1-3H3/t15-,21-,25+/m0/s1. The average Bonchev–Trinajstić information content (AvgIpc) is 3.43. The number of nitrogens with zero attached hydrogens (tertiary/aromatic N) is 5. The zero-order valence-corrected chi connectivity index (χ0v) is 18.0. The van der Waals surface area contributed by atoms with Gasteiger partial charge in [0.05, 0.1) is 23.8 Å². The Morgan fingerprint density at radius 3 is 2.74 bits per heavy atom. The van der Waals surface area contributed by atoms with Crippen LogP contribution in [0.25, 0.3) is 11.3 Å². The molecule has 3 aromatic heterocycles. The van der Waals surface area contributed by atoms with E-state index in [1.54, 1.807) is 0 Å². The van der Waals surface area contributed by atoms with E-state index in [1.165, 1.54) is 22.4 Å². The van der Waals surface area contributed by atoms with E-state index in [1.807, 2.05) is 37.2 Å². The molecule has 2 aliphatic carbocycles. The highest BCUT2D eigenvalue weighted by atomic mass is 16.5. The fraction of sp³-hybridized carbons (Fsp3) is 0.360. The van der Waals surface area contributed by atoms with Crippen LogP contribution < -0.4 is 0 Å². The lowest BCUT2D eigenvalue weighted by Gasteiger charge is -2.50. The van der Waals surface area contributed by atoms with Crippen LogP contribution in [0.15, 0.2) is 53.4 Å². The molecule has 0 aliphatic heterocycles. The minimum absolute atomic E-state index is 0.225. The van der Waals surface area contributed by atoms with Gasteiger partial charge in [-0.3, -0.25) is 4.68 Å². The molecule has 2 aliphatic rings. The number of aryl methyl sites for hydroxylation is 2. The summed E-state index contributed by atoms with van der Waals surface area (Å²) in [6.45, 7) is 4.28. The van der Waals surface area contributed by atoms with Crippen LogP contribution in [0.5, 0.6) is 0 Å². The fourth-order valence-corrected chi connectivity index (χ4v) is 6.05. The Hall–Kier alpha value is -3.28. The summed E-state index contributed by atoms with van der Waals surface area (Å²) < 4.78 is 7.55. The van der Waals surface area contributed by atoms with Crippen LogP contribution in [0.1, 0.15) is 53.2 Å². The van der Waals surface area contributed by atoms with Gasteiger partial charge in [0.15, 0.2) is 0 Å². The van der Waals surface area contributed by atoms with E-state index >= 15 is 0 Å². The first-order valence-corrected chi connectivity index (χ1v) is 10.9. The second-order valence-electron chi connectivity index (χ2n) is 9.01. The zero-order chi connectivity index (χ0) is 21.2. The average molecular weight is 412 g/mol. The van der Waals surface area contributed by atoms with Gasteiger partial charge < -0.3 is 4.52 Å². The molecule has 0 saturated carbocycles. The first-order chi connectivity index (χ1) is 15.1. The lowest BCUT2D eigenvalue weighted by Crippen LogP contribution is -2.48. The molecule has 0 bridgehead atoms. The summed E-state index contributed by atoms with van der Waals surface area (Å²) in [4.78, 5) is 10.0. The molecule has 1 aromatic carbocycles. The maximum Gasteiger partial charge on any atom is 0.143 e. The van der Waals surface area contributed by atoms with Crippen LogP contribution >= 0.6 is 0 Å². The molecule has 6 rings (SSSR count). The third kappa shape index (κ3) is 2.57. The molecule has 31 heavy (non-hydrogen) atoms. The maximum atomic E-state index is 5.71. The van der Waals surface area contributed by atoms with Crippen molar-refractivity contribution in [3.05, 3.63) is 82.9 Å². The van der Waals surface area contributed by atoms with E-state index in [4.69, 9.17) is 14.5 Å². The summed E-state index contributed by atoms with van der Waals surface area (Å²) in [6.07, 6.45) is 8.71. The molecule has 0 unspecified atom stereocenters. The SMILES string of the molecule is Cc1nc(-c2cnn(C)c2)c2c(n1)[C@@]1(c3ccccc3)Cc3cnoc3[C@@H](C)[C@@H]1CC2. The Bertz CT molecular complexity index is 1270. The summed E-state index contributed by atoms with van der Waals surface area (Å²) in [6, 6.07) is 10.9. The van der Waals surface area contributed by atoms with Crippen LogP contribution in [-0.2, 0) is 25.3 Å². The van der Waals surface area contributed by atoms with Crippen molar-refractivity contribution in [1.82, 2.24) is 24.9 Å². The highest BCUT2D eigenvalue weighted by Gasteiger charge is 2.54. The largest absolute Gasteiger partial charge is 0.361 e. The molecular formula is C25H25N5O. The Morgan fingerprint density at radius 2 is 1.97 bits per heavy atom. The third-order valence-electron chi connectivity index (χ3n) is 7.31. The van der Waals surface area contributed by atoms with Crippen LogP contribution in [0.4, 0.5) is 0 Å². The topological polar surface area (TPSA) is 69.6 Å². The quantitative estimate of drug-likeness (QED) is 0.490. The van der Waals surface area contributed by atoms with Crippen molar-refractivity contribution in [2.75, 3.05) is 0 Å². The smallest absolute Gasteiger partial charge is 0.143 e. The van der Waals surface area contributed by atoms with Crippen molar-refractivity contribution < 1.29 is 4.52 Å². The van der Waals surface area contributed by atoms with E-state index < -0.39 is 0 Å². The summed E-state index contributed by atoms with van der Waals surface area (Å²) in [5.41, 5.74) is 6.78. The molecule has 3 atom stereocenters. The molecular weight excluding hydrogens is 386 g/mol. The van der Waals surface area contributed by atoms with Gasteiger partial charge in [-0.1, -0.05) is 42.4 Å². The molecule has 156 valence electrons. The predicted molar refractivity (Wildman–Crippen MR) is 117 cm³/mol. The Balaban J connectivity index is 1.67. The molecule has 0 saturated heterocycles. The number of rotatable bonds is 2. The highest BCUT2D eigenvalue weighted by molar-refractivity contribution is 5.65. The summed E-state index contributed by atoms with van der Waals surface area (Å²) in [5.74, 6) is 2.51. The molecule has 0 spiro atoms. The second-order valence-corrected chi connectivity index (χ2v) is 9.01. The first-order valence-electron chi connectivity index (χ1n) is 10.9. The van der Waals surface area contributed by atoms with Crippen LogP contribution in [-0.4, -0.2) is 24.9 Å². The van der Waals surface area contributed by atoms with E-state index in [9.17, 15) is 0 Å². The minimum atomic E-state index is -0.225. The Labute approximate surface area is 181 Å². The Morgan fingerprint density at radius 1 is 1.13 bits per heavy atom. The monoisotopic (exact) mass is 411 g/mol. The second kappa shape index (κ2) is 6.61. The molecule has 3 heterocycles. The summed E-state index contributed by atoms with van der Waals surface area (Å²) in [5, 5.41) is 8.56. The van der Waals surface area contributed by atoms with Gasteiger partial charge in [0.25, 0.3) is 0 Å². The minimum Gasteiger partial charge on any atom is -0.361 e. The van der Waals surface area contributed by atoms with Gasteiger partial charge in [0, 0.05) is 41.3 Å². The van der Waals surface area contributed by atoms with Crippen molar-refractivity contribution >= 4 is 0 Å². The number of hydrogen-bond donors (Lipinski definition) is 0. The summed E-state index contributed by atoms with van der Waals surface area (Å²) in [7, 11) is 1.95. The lowest BCUT2D eigenvalue weighted by molar-refractivity contribution is 0.188. The summed E-state index contributed by atoms with van der Waals surface area (Å²) >= 11 is 0. The zero-order valence-electron chi connectivity index (χ0n) is 18.0. The molecule has 4 aromatic rings. The van der Waals surface area contributed by atoms with Crippen molar-refractivity contribution in [3.63, 3.8) is 0 Å². The first kappa shape index (κ1) is 18.5. The van der Waals surface area contributed by atoms with Gasteiger partial charge in [-0.25, -0.2) is 9.97 Å². The van der Waals surface area contributed by atoms with Gasteiger partial charge in [-0.2, -0.15) is 5.10 Å². The van der Waals surface area contributed by atoms with Crippen LogP contribution in [0.3, 0.4) is 0 Å². The van der Waals surface area contributed by atoms with Crippen LogP contribution in [0, 0.1) is 12.8 Å². The van der Waals surface area contributed by atoms with Gasteiger partial charge in [-0.15, -0.1) is 0 Å². The van der Waals surface area contributed by atoms with Gasteiger partial charge in [-0.05, 0) is 37.7 Å². The van der Waals surface area contributed by atoms with Crippen LogP contribution in [0.2, 0.25) is 0 Å². The molecule has 6 nitrogen and oxygen atoms in total. The number of aromatic nitrogens is 5. The van der Waals surface area contributed by atoms with Crippen molar-refractivity contribution in [1.29, 1.82) is 0 Å². The predicted octanol–water partition coefficient (Wildman–Crippen LogP) is 4.38. The maximum absolute atomic E-state index is 5.71. The normalized spacial score (nSPS) is 24.4. The van der Waals surface area contributed by atoms with E-state index in [0.29, 0.717) is 5.92 Å². The van der Waals surface area contributed by atoms with Crippen molar-refractivity contribution in [2.24, 2.45) is 13.0 Å².